The molecular weight excluding hydrogens is 357 g/mol. The number of aliphatic imine (C=N–C) groups is 1. The minimum atomic E-state index is 0. The number of aryl methyl sites for hydroxylation is 1. The lowest BCUT2D eigenvalue weighted by atomic mass is 10.2. The van der Waals surface area contributed by atoms with Gasteiger partial charge >= 0.3 is 0 Å². The lowest BCUT2D eigenvalue weighted by molar-refractivity contribution is 0.387. The Morgan fingerprint density at radius 1 is 1.47 bits per heavy atom. The maximum absolute atomic E-state index is 4.91. The van der Waals surface area contributed by atoms with Gasteiger partial charge in [0.1, 0.15) is 6.54 Å². The highest BCUT2D eigenvalue weighted by Gasteiger charge is 2.11. The highest BCUT2D eigenvalue weighted by Crippen LogP contribution is 2.08. The minimum Gasteiger partial charge on any atom is -0.357 e. The van der Waals surface area contributed by atoms with Crippen molar-refractivity contribution >= 4 is 29.9 Å². The van der Waals surface area contributed by atoms with Crippen molar-refractivity contribution in [3.05, 3.63) is 23.9 Å². The molecule has 2 N–H and O–H groups in total. The number of guanidine groups is 1. The summed E-state index contributed by atoms with van der Waals surface area (Å²) in [6, 6.07) is 0.440. The van der Waals surface area contributed by atoms with E-state index in [1.807, 2.05) is 6.92 Å². The molecule has 0 aliphatic heterocycles. The van der Waals surface area contributed by atoms with Crippen LogP contribution >= 0.6 is 24.0 Å². The fourth-order valence-corrected chi connectivity index (χ4v) is 1.80. The largest absolute Gasteiger partial charge is 0.357 e. The molecule has 1 aliphatic rings. The number of nitrogens with zero attached hydrogens (tertiary/aromatic N) is 3. The molecule has 0 spiro atoms. The maximum Gasteiger partial charge on any atom is 0.223 e. The molecule has 1 heterocycles. The van der Waals surface area contributed by atoms with Crippen LogP contribution in [0.3, 0.4) is 0 Å². The second-order valence-electron chi connectivity index (χ2n) is 4.21. The van der Waals surface area contributed by atoms with Crippen LogP contribution in [0.4, 0.5) is 0 Å². The molecule has 0 atom stereocenters. The van der Waals surface area contributed by atoms with E-state index in [1.165, 1.54) is 0 Å². The summed E-state index contributed by atoms with van der Waals surface area (Å²) in [6.45, 7) is 5.07. The smallest absolute Gasteiger partial charge is 0.223 e. The molecule has 0 saturated carbocycles. The van der Waals surface area contributed by atoms with Crippen LogP contribution in [0, 0.1) is 6.92 Å². The van der Waals surface area contributed by atoms with Crippen LogP contribution in [0.1, 0.15) is 31.5 Å². The van der Waals surface area contributed by atoms with Gasteiger partial charge in [-0.15, -0.1) is 24.0 Å². The van der Waals surface area contributed by atoms with Crippen molar-refractivity contribution in [2.24, 2.45) is 4.99 Å². The number of aromatic nitrogens is 2. The van der Waals surface area contributed by atoms with E-state index in [9.17, 15) is 0 Å². The van der Waals surface area contributed by atoms with E-state index in [0.717, 1.165) is 25.3 Å². The zero-order chi connectivity index (χ0) is 12.8. The second-order valence-corrected chi connectivity index (χ2v) is 4.21. The van der Waals surface area contributed by atoms with Crippen molar-refractivity contribution in [2.75, 3.05) is 6.54 Å². The van der Waals surface area contributed by atoms with E-state index >= 15 is 0 Å². The van der Waals surface area contributed by atoms with Gasteiger partial charge in [0.2, 0.25) is 5.89 Å². The highest BCUT2D eigenvalue weighted by atomic mass is 127. The van der Waals surface area contributed by atoms with Crippen LogP contribution in [-0.4, -0.2) is 28.7 Å². The first kappa shape index (κ1) is 15.9. The van der Waals surface area contributed by atoms with Crippen LogP contribution in [0.2, 0.25) is 0 Å². The first-order chi connectivity index (χ1) is 8.78. The lowest BCUT2D eigenvalue weighted by Crippen LogP contribution is -2.42. The van der Waals surface area contributed by atoms with Gasteiger partial charge in [-0.2, -0.15) is 4.98 Å². The summed E-state index contributed by atoms with van der Waals surface area (Å²) < 4.78 is 4.91. The summed E-state index contributed by atoms with van der Waals surface area (Å²) >= 11 is 0. The summed E-state index contributed by atoms with van der Waals surface area (Å²) in [7, 11) is 0. The number of rotatable bonds is 4. The van der Waals surface area contributed by atoms with Crippen LogP contribution in [0.5, 0.6) is 0 Å². The van der Waals surface area contributed by atoms with Crippen molar-refractivity contribution in [1.82, 2.24) is 20.8 Å². The van der Waals surface area contributed by atoms with Crippen LogP contribution in [0.25, 0.3) is 0 Å². The minimum absolute atomic E-state index is 0. The van der Waals surface area contributed by atoms with E-state index in [4.69, 9.17) is 4.52 Å². The fourth-order valence-electron chi connectivity index (χ4n) is 1.80. The molecule has 1 aliphatic carbocycles. The molecule has 0 bridgehead atoms. The maximum atomic E-state index is 4.91. The van der Waals surface area contributed by atoms with Gasteiger partial charge in [0.05, 0.1) is 0 Å². The summed E-state index contributed by atoms with van der Waals surface area (Å²) in [6.07, 6.45) is 6.46. The Morgan fingerprint density at radius 2 is 2.21 bits per heavy atom. The van der Waals surface area contributed by atoms with Crippen molar-refractivity contribution in [2.45, 2.75) is 39.3 Å². The zero-order valence-electron chi connectivity index (χ0n) is 11.2. The Bertz CT molecular complexity index is 435. The molecule has 0 saturated heterocycles. The fraction of sp³-hybridized carbons (Fsp3) is 0.583. The van der Waals surface area contributed by atoms with E-state index in [-0.39, 0.29) is 24.0 Å². The average Bonchev–Trinajstić information content (AvgIpc) is 2.98. The molecule has 0 amide bonds. The first-order valence-electron chi connectivity index (χ1n) is 6.27. The number of hydrogen-bond acceptors (Lipinski definition) is 4. The summed E-state index contributed by atoms with van der Waals surface area (Å²) in [5.74, 6) is 1.97. The van der Waals surface area contributed by atoms with Gasteiger partial charge in [-0.1, -0.05) is 17.3 Å². The van der Waals surface area contributed by atoms with Crippen molar-refractivity contribution in [1.29, 1.82) is 0 Å². The highest BCUT2D eigenvalue weighted by molar-refractivity contribution is 14.0. The third-order valence-electron chi connectivity index (χ3n) is 2.64. The molecule has 2 rings (SSSR count). The van der Waals surface area contributed by atoms with Crippen LogP contribution in [0.15, 0.2) is 21.7 Å². The Hall–Kier alpha value is -1.12. The topological polar surface area (TPSA) is 75.3 Å². The van der Waals surface area contributed by atoms with Crippen molar-refractivity contribution in [3.63, 3.8) is 0 Å². The van der Waals surface area contributed by atoms with Crippen LogP contribution < -0.4 is 10.6 Å². The first-order valence-corrected chi connectivity index (χ1v) is 6.27. The predicted molar refractivity (Wildman–Crippen MR) is 84.6 cm³/mol. The molecule has 0 unspecified atom stereocenters. The Labute approximate surface area is 130 Å². The molecule has 1 aromatic rings. The third-order valence-corrected chi connectivity index (χ3v) is 2.64. The average molecular weight is 377 g/mol. The molecule has 19 heavy (non-hydrogen) atoms. The van der Waals surface area contributed by atoms with Crippen LogP contribution in [-0.2, 0) is 6.54 Å². The van der Waals surface area contributed by atoms with E-state index < -0.39 is 0 Å². The molecule has 0 fully saturated rings. The van der Waals surface area contributed by atoms with Crippen molar-refractivity contribution < 1.29 is 4.52 Å². The molecule has 0 radical (unpaired) electrons. The van der Waals surface area contributed by atoms with E-state index in [2.05, 4.69) is 37.9 Å². The van der Waals surface area contributed by atoms with Gasteiger partial charge in [0.15, 0.2) is 11.8 Å². The Balaban J connectivity index is 0.00000180. The van der Waals surface area contributed by atoms with Gasteiger partial charge in [0, 0.05) is 19.5 Å². The molecule has 1 aromatic heterocycles. The monoisotopic (exact) mass is 377 g/mol. The summed E-state index contributed by atoms with van der Waals surface area (Å²) in [5.41, 5.74) is 0. The molecule has 106 valence electrons. The number of halogens is 1. The Morgan fingerprint density at radius 3 is 2.79 bits per heavy atom. The molecule has 7 heteroatoms. The molecule has 6 nitrogen and oxygen atoms in total. The normalized spacial score (nSPS) is 15.4. The number of hydrogen-bond donors (Lipinski definition) is 2. The SMILES string of the molecule is CCNC(=NCc1noc(C)n1)NC1CC=CC1.I. The molecular formula is C12H20IN5O. The standard InChI is InChI=1S/C12H19N5O.HI/c1-3-13-12(16-10-6-4-5-7-10)14-8-11-15-9(2)18-17-11;/h4-5,10H,3,6-8H2,1-2H3,(H2,13,14,16);1H. The van der Waals surface area contributed by atoms with Gasteiger partial charge in [-0.3, -0.25) is 0 Å². The van der Waals surface area contributed by atoms with Gasteiger partial charge in [-0.05, 0) is 19.8 Å². The second kappa shape index (κ2) is 8.13. The molecule has 0 aromatic carbocycles. The number of nitrogens with one attached hydrogen (secondary N) is 2. The van der Waals surface area contributed by atoms with E-state index in [0.29, 0.717) is 24.3 Å². The van der Waals surface area contributed by atoms with Gasteiger partial charge in [-0.25, -0.2) is 4.99 Å². The summed E-state index contributed by atoms with van der Waals surface area (Å²) in [5, 5.41) is 10.4. The lowest BCUT2D eigenvalue weighted by Gasteiger charge is -2.16. The predicted octanol–water partition coefficient (Wildman–Crippen LogP) is 1.77. The Kier molecular flexibility index (Phi) is 6.82. The third kappa shape index (κ3) is 5.17. The van der Waals surface area contributed by atoms with E-state index in [1.54, 1.807) is 6.92 Å². The summed E-state index contributed by atoms with van der Waals surface area (Å²) in [4.78, 5) is 8.56. The van der Waals surface area contributed by atoms with Gasteiger partial charge < -0.3 is 15.2 Å². The van der Waals surface area contributed by atoms with Crippen molar-refractivity contribution in [3.8, 4) is 0 Å². The van der Waals surface area contributed by atoms with Gasteiger partial charge in [0.25, 0.3) is 0 Å². The zero-order valence-corrected chi connectivity index (χ0v) is 13.5. The quantitative estimate of drug-likeness (QED) is 0.362.